The Hall–Kier alpha value is -3.37. The van der Waals surface area contributed by atoms with Crippen LogP contribution in [0.5, 0.6) is 5.75 Å². The molecule has 1 saturated carbocycles. The number of hydrogen-bond acceptors (Lipinski definition) is 4. The molecule has 170 valence electrons. The molecule has 1 fully saturated rings. The van der Waals surface area contributed by atoms with Gasteiger partial charge in [0.05, 0.1) is 11.6 Å². The van der Waals surface area contributed by atoms with E-state index in [9.17, 15) is 14.4 Å². The van der Waals surface area contributed by atoms with Gasteiger partial charge in [0.25, 0.3) is 0 Å². The number of amides is 1. The largest absolute Gasteiger partial charge is 0.489 e. The highest BCUT2D eigenvalue weighted by Gasteiger charge is 2.35. The summed E-state index contributed by atoms with van der Waals surface area (Å²) in [7, 11) is 0. The zero-order chi connectivity index (χ0) is 22.9. The van der Waals surface area contributed by atoms with Gasteiger partial charge in [0.1, 0.15) is 6.61 Å². The number of carbonyl (C=O) groups excluding carboxylic acids is 1. The van der Waals surface area contributed by atoms with Crippen LogP contribution < -0.4 is 10.5 Å². The zero-order valence-electron chi connectivity index (χ0n) is 18.4. The van der Waals surface area contributed by atoms with Gasteiger partial charge in [-0.2, -0.15) is 5.26 Å². The number of halogens is 1. The highest BCUT2D eigenvalue weighted by molar-refractivity contribution is 5.95. The quantitative estimate of drug-likeness (QED) is 0.572. The maximum absolute atomic E-state index is 14.3. The molecule has 0 radical (unpaired) electrons. The molecule has 1 aliphatic heterocycles. The molecule has 6 nitrogen and oxygen atoms in total. The summed E-state index contributed by atoms with van der Waals surface area (Å²) >= 11 is 0. The Balaban J connectivity index is 1.32. The standard InChI is InChI=1S/C26H27FN4O2/c27-23-8-7-20(26(29)32)22-12-19(15-33-25(22)23)31(18-4-1-5-18)10-2-3-17-14-30-24-9-6-16(13-28)11-21(17)24/h6-9,11,14,18-19,30H,1-5,10,12,15H2,(H2,29,32)/t19-/m0/s1. The number of nitrogens with one attached hydrogen (secondary N) is 1. The first kappa shape index (κ1) is 21.5. The molecule has 0 saturated heterocycles. The second-order valence-electron chi connectivity index (χ2n) is 9.05. The molecule has 3 aromatic rings. The lowest BCUT2D eigenvalue weighted by Gasteiger charge is -2.44. The Morgan fingerprint density at radius 1 is 1.27 bits per heavy atom. The van der Waals surface area contributed by atoms with E-state index in [-0.39, 0.29) is 11.8 Å². The minimum atomic E-state index is -0.554. The van der Waals surface area contributed by atoms with Crippen LogP contribution in [0.1, 0.15) is 52.7 Å². The summed E-state index contributed by atoms with van der Waals surface area (Å²) in [6.45, 7) is 1.29. The van der Waals surface area contributed by atoms with Crippen LogP contribution in [0.2, 0.25) is 0 Å². The highest BCUT2D eigenvalue weighted by Crippen LogP contribution is 2.35. The van der Waals surface area contributed by atoms with Gasteiger partial charge < -0.3 is 15.5 Å². The van der Waals surface area contributed by atoms with Gasteiger partial charge in [-0.05, 0) is 74.5 Å². The van der Waals surface area contributed by atoms with E-state index in [1.54, 1.807) is 0 Å². The first-order valence-corrected chi connectivity index (χ1v) is 11.5. The topological polar surface area (TPSA) is 95.1 Å². The average molecular weight is 447 g/mol. The Bertz CT molecular complexity index is 1240. The normalized spacial score (nSPS) is 17.9. The van der Waals surface area contributed by atoms with Crippen LogP contribution in [0.3, 0.4) is 0 Å². The second-order valence-corrected chi connectivity index (χ2v) is 9.05. The number of nitrogens with zero attached hydrogens (tertiary/aromatic N) is 2. The number of ether oxygens (including phenoxy) is 1. The molecule has 2 aliphatic rings. The van der Waals surface area contributed by atoms with Gasteiger partial charge in [0.2, 0.25) is 5.91 Å². The molecule has 0 spiro atoms. The van der Waals surface area contributed by atoms with Gasteiger partial charge >= 0.3 is 0 Å². The van der Waals surface area contributed by atoms with Crippen molar-refractivity contribution in [2.24, 2.45) is 5.73 Å². The van der Waals surface area contributed by atoms with E-state index in [1.165, 1.54) is 24.1 Å². The van der Waals surface area contributed by atoms with Gasteiger partial charge in [-0.3, -0.25) is 9.69 Å². The summed E-state index contributed by atoms with van der Waals surface area (Å²) in [5.41, 5.74) is 9.39. The van der Waals surface area contributed by atoms with Crippen molar-refractivity contribution in [3.05, 3.63) is 64.6 Å². The van der Waals surface area contributed by atoms with E-state index in [1.807, 2.05) is 24.4 Å². The van der Waals surface area contributed by atoms with Crippen LogP contribution >= 0.6 is 0 Å². The number of hydrogen-bond donors (Lipinski definition) is 2. The molecule has 0 unspecified atom stereocenters. The molecular formula is C26H27FN4O2. The summed E-state index contributed by atoms with van der Waals surface area (Å²) in [6, 6.07) is 11.2. The molecule has 33 heavy (non-hydrogen) atoms. The van der Waals surface area contributed by atoms with Crippen molar-refractivity contribution < 1.29 is 13.9 Å². The molecule has 2 aromatic carbocycles. The maximum atomic E-state index is 14.3. The third-order valence-corrected chi connectivity index (χ3v) is 7.11. The van der Waals surface area contributed by atoms with Crippen molar-refractivity contribution in [1.29, 1.82) is 5.26 Å². The van der Waals surface area contributed by atoms with Gasteiger partial charge in [-0.1, -0.05) is 6.42 Å². The molecule has 1 aromatic heterocycles. The predicted molar refractivity (Wildman–Crippen MR) is 124 cm³/mol. The zero-order valence-corrected chi connectivity index (χ0v) is 18.4. The number of aromatic nitrogens is 1. The lowest BCUT2D eigenvalue weighted by Crippen LogP contribution is -2.51. The summed E-state index contributed by atoms with van der Waals surface area (Å²) in [5, 5.41) is 10.3. The Labute approximate surface area is 192 Å². The maximum Gasteiger partial charge on any atom is 0.249 e. The Morgan fingerprint density at radius 2 is 2.12 bits per heavy atom. The summed E-state index contributed by atoms with van der Waals surface area (Å²) in [5.74, 6) is -0.829. The molecular weight excluding hydrogens is 419 g/mol. The third kappa shape index (κ3) is 4.07. The van der Waals surface area contributed by atoms with E-state index in [2.05, 4.69) is 16.0 Å². The van der Waals surface area contributed by atoms with Crippen molar-refractivity contribution in [1.82, 2.24) is 9.88 Å². The van der Waals surface area contributed by atoms with Crippen molar-refractivity contribution in [3.8, 4) is 11.8 Å². The fraction of sp³-hybridized carbons (Fsp3) is 0.385. The minimum Gasteiger partial charge on any atom is -0.489 e. The number of nitriles is 1. The molecule has 1 aliphatic carbocycles. The number of rotatable bonds is 7. The third-order valence-electron chi connectivity index (χ3n) is 7.11. The van der Waals surface area contributed by atoms with Gasteiger partial charge in [0.15, 0.2) is 11.6 Å². The molecule has 1 amide bonds. The molecule has 0 bridgehead atoms. The van der Waals surface area contributed by atoms with Crippen LogP contribution in [0.25, 0.3) is 10.9 Å². The predicted octanol–water partition coefficient (Wildman–Crippen LogP) is 4.07. The number of H-pyrrole nitrogens is 1. The molecule has 5 rings (SSSR count). The van der Waals surface area contributed by atoms with E-state index in [4.69, 9.17) is 10.5 Å². The van der Waals surface area contributed by atoms with E-state index in [0.29, 0.717) is 35.8 Å². The minimum absolute atomic E-state index is 0.0795. The monoisotopic (exact) mass is 446 g/mol. The van der Waals surface area contributed by atoms with Gasteiger partial charge in [0, 0.05) is 40.3 Å². The first-order chi connectivity index (χ1) is 16.0. The fourth-order valence-corrected chi connectivity index (χ4v) is 5.16. The van der Waals surface area contributed by atoms with Gasteiger partial charge in [-0.15, -0.1) is 0 Å². The Morgan fingerprint density at radius 3 is 2.85 bits per heavy atom. The van der Waals surface area contributed by atoms with Crippen molar-refractivity contribution >= 4 is 16.8 Å². The molecule has 1 atom stereocenters. The lowest BCUT2D eigenvalue weighted by atomic mass is 9.87. The van der Waals surface area contributed by atoms with Crippen LogP contribution in [0.4, 0.5) is 4.39 Å². The number of benzene rings is 2. The SMILES string of the molecule is N#Cc1ccc2[nH]cc(CCCN(C3CCC3)[C@@H]3COc4c(F)ccc(C(N)=O)c4C3)c2c1. The first-order valence-electron chi connectivity index (χ1n) is 11.5. The number of primary amides is 1. The fourth-order valence-electron chi connectivity index (χ4n) is 5.16. The smallest absolute Gasteiger partial charge is 0.249 e. The number of aromatic amines is 1. The van der Waals surface area contributed by atoms with Crippen molar-refractivity contribution in [2.45, 2.75) is 50.6 Å². The summed E-state index contributed by atoms with van der Waals surface area (Å²) in [4.78, 5) is 17.7. The van der Waals surface area contributed by atoms with Crippen molar-refractivity contribution in [3.63, 3.8) is 0 Å². The van der Waals surface area contributed by atoms with Crippen LogP contribution in [-0.4, -0.2) is 41.0 Å². The van der Waals surface area contributed by atoms with E-state index in [0.717, 1.165) is 43.1 Å². The van der Waals surface area contributed by atoms with Crippen LogP contribution in [0.15, 0.2) is 36.5 Å². The van der Waals surface area contributed by atoms with E-state index >= 15 is 0 Å². The molecule has 3 N–H and O–H groups in total. The van der Waals surface area contributed by atoms with Crippen LogP contribution in [-0.2, 0) is 12.8 Å². The summed E-state index contributed by atoms with van der Waals surface area (Å²) in [6.07, 6.45) is 7.94. The second kappa shape index (κ2) is 8.87. The molecule has 2 heterocycles. The number of aryl methyl sites for hydroxylation is 1. The summed E-state index contributed by atoms with van der Waals surface area (Å²) < 4.78 is 20.1. The number of fused-ring (bicyclic) bond motifs is 2. The van der Waals surface area contributed by atoms with Crippen molar-refractivity contribution in [2.75, 3.05) is 13.2 Å². The Kier molecular flexibility index (Phi) is 5.77. The molecule has 7 heteroatoms. The highest BCUT2D eigenvalue weighted by atomic mass is 19.1. The number of carbonyl (C=O) groups is 1. The van der Waals surface area contributed by atoms with Gasteiger partial charge in [-0.25, -0.2) is 4.39 Å². The van der Waals surface area contributed by atoms with E-state index < -0.39 is 11.7 Å². The van der Waals surface area contributed by atoms with Crippen LogP contribution in [0, 0.1) is 17.1 Å². The average Bonchev–Trinajstić information content (AvgIpc) is 3.19. The lowest BCUT2D eigenvalue weighted by molar-refractivity contribution is 0.0421. The number of nitrogens with two attached hydrogens (primary N) is 1.